The summed E-state index contributed by atoms with van der Waals surface area (Å²) in [6.07, 6.45) is 0. The topological polar surface area (TPSA) is 63.3 Å². The summed E-state index contributed by atoms with van der Waals surface area (Å²) in [6.45, 7) is 0. The van der Waals surface area contributed by atoms with Gasteiger partial charge in [0.1, 0.15) is 11.1 Å². The highest BCUT2D eigenvalue weighted by molar-refractivity contribution is 14.1. The second-order valence-electron chi connectivity index (χ2n) is 3.96. The normalized spacial score (nSPS) is 10.8. The molecule has 1 aromatic heterocycles. The Morgan fingerprint density at radius 2 is 1.95 bits per heavy atom. The van der Waals surface area contributed by atoms with Crippen molar-refractivity contribution in [2.45, 2.75) is 0 Å². The molecule has 0 spiro atoms. The molecule has 0 saturated heterocycles. The van der Waals surface area contributed by atoms with Crippen molar-refractivity contribution < 1.29 is 14.3 Å². The number of para-hydroxylation sites is 1. The van der Waals surface area contributed by atoms with Gasteiger partial charge in [-0.05, 0) is 46.9 Å². The molecule has 0 saturated carbocycles. The molecule has 0 fully saturated rings. The summed E-state index contributed by atoms with van der Waals surface area (Å²) >= 11 is 2.19. The van der Waals surface area contributed by atoms with Crippen molar-refractivity contribution in [2.24, 2.45) is 0 Å². The van der Waals surface area contributed by atoms with E-state index in [1.54, 1.807) is 12.1 Å². The number of hydrogen-bond acceptors (Lipinski definition) is 3. The predicted octanol–water partition coefficient (Wildman–Crippen LogP) is 3.80. The second-order valence-corrected chi connectivity index (χ2v) is 5.12. The maximum Gasteiger partial charge on any atom is 0.339 e. The van der Waals surface area contributed by atoms with Gasteiger partial charge in [-0.15, -0.1) is 0 Å². The number of carbonyl (C=O) groups is 1. The van der Waals surface area contributed by atoms with Crippen molar-refractivity contribution in [1.29, 1.82) is 0 Å². The molecule has 0 radical (unpaired) electrons. The molecule has 0 amide bonds. The van der Waals surface area contributed by atoms with Crippen molar-refractivity contribution in [3.63, 3.8) is 0 Å². The summed E-state index contributed by atoms with van der Waals surface area (Å²) in [5.41, 5.74) is 1.84. The van der Waals surface area contributed by atoms with Gasteiger partial charge in [-0.25, -0.2) is 9.78 Å². The first-order valence-corrected chi connectivity index (χ1v) is 6.62. The first-order chi connectivity index (χ1) is 9.16. The summed E-state index contributed by atoms with van der Waals surface area (Å²) in [6, 6.07) is 12.6. The molecular weight excluding hydrogens is 357 g/mol. The zero-order valence-electron chi connectivity index (χ0n) is 9.63. The van der Waals surface area contributed by atoms with Crippen LogP contribution in [0.2, 0.25) is 0 Å². The standard InChI is InChI=1S/C14H8INO3/c15-10-6-2-1-4-8(10)13-16-11-7-3-5-9(14(17)18)12(11)19-13/h1-7H,(H,17,18). The third kappa shape index (κ3) is 2.10. The van der Waals surface area contributed by atoms with Crippen LogP contribution < -0.4 is 0 Å². The monoisotopic (exact) mass is 365 g/mol. The molecule has 0 atom stereocenters. The zero-order valence-corrected chi connectivity index (χ0v) is 11.8. The molecule has 5 heteroatoms. The molecule has 2 aromatic carbocycles. The molecule has 3 aromatic rings. The molecule has 0 aliphatic heterocycles. The Hall–Kier alpha value is -1.89. The molecule has 4 nitrogen and oxygen atoms in total. The van der Waals surface area contributed by atoms with E-state index in [-0.39, 0.29) is 5.56 Å². The number of carboxylic acids is 1. The van der Waals surface area contributed by atoms with Crippen LogP contribution in [0.25, 0.3) is 22.6 Å². The van der Waals surface area contributed by atoms with Crippen LogP contribution in [0.5, 0.6) is 0 Å². The number of aromatic nitrogens is 1. The number of nitrogens with zero attached hydrogens (tertiary/aromatic N) is 1. The molecule has 0 unspecified atom stereocenters. The van der Waals surface area contributed by atoms with E-state index in [2.05, 4.69) is 27.6 Å². The Labute approximate surface area is 122 Å². The third-order valence-corrected chi connectivity index (χ3v) is 3.69. The van der Waals surface area contributed by atoms with Crippen LogP contribution in [-0.2, 0) is 0 Å². The Morgan fingerprint density at radius 3 is 2.68 bits per heavy atom. The van der Waals surface area contributed by atoms with Crippen LogP contribution in [-0.4, -0.2) is 16.1 Å². The van der Waals surface area contributed by atoms with Gasteiger partial charge in [0.25, 0.3) is 0 Å². The lowest BCUT2D eigenvalue weighted by atomic mass is 10.2. The Balaban J connectivity index is 2.26. The minimum absolute atomic E-state index is 0.127. The average molecular weight is 365 g/mol. The second kappa shape index (κ2) is 4.65. The van der Waals surface area contributed by atoms with E-state index in [0.717, 1.165) is 9.13 Å². The fourth-order valence-electron chi connectivity index (χ4n) is 1.87. The van der Waals surface area contributed by atoms with E-state index in [0.29, 0.717) is 17.0 Å². The first-order valence-electron chi connectivity index (χ1n) is 5.54. The maximum atomic E-state index is 11.1. The first kappa shape index (κ1) is 12.2. The van der Waals surface area contributed by atoms with Crippen LogP contribution in [0.15, 0.2) is 46.9 Å². The highest BCUT2D eigenvalue weighted by Gasteiger charge is 2.16. The molecule has 0 aliphatic rings. The van der Waals surface area contributed by atoms with E-state index in [1.807, 2.05) is 24.3 Å². The number of oxazole rings is 1. The van der Waals surface area contributed by atoms with E-state index in [4.69, 9.17) is 9.52 Å². The lowest BCUT2D eigenvalue weighted by Gasteiger charge is -1.97. The number of carboxylic acid groups (broad SMARTS) is 1. The van der Waals surface area contributed by atoms with Crippen molar-refractivity contribution in [2.75, 3.05) is 0 Å². The molecule has 0 bridgehead atoms. The average Bonchev–Trinajstić information content (AvgIpc) is 2.82. The summed E-state index contributed by atoms with van der Waals surface area (Å²) < 4.78 is 6.63. The quantitative estimate of drug-likeness (QED) is 0.702. The van der Waals surface area contributed by atoms with Gasteiger partial charge in [0.2, 0.25) is 5.89 Å². The van der Waals surface area contributed by atoms with Crippen LogP contribution in [0.1, 0.15) is 10.4 Å². The van der Waals surface area contributed by atoms with Gasteiger partial charge in [-0.2, -0.15) is 0 Å². The number of aromatic carboxylic acids is 1. The van der Waals surface area contributed by atoms with Gasteiger partial charge in [-0.1, -0.05) is 18.2 Å². The van der Waals surface area contributed by atoms with Crippen LogP contribution >= 0.6 is 22.6 Å². The highest BCUT2D eigenvalue weighted by Crippen LogP contribution is 2.29. The maximum absolute atomic E-state index is 11.1. The predicted molar refractivity (Wildman–Crippen MR) is 79.1 cm³/mol. The number of fused-ring (bicyclic) bond motifs is 1. The number of benzene rings is 2. The number of halogens is 1. The van der Waals surface area contributed by atoms with Gasteiger partial charge >= 0.3 is 5.97 Å². The molecule has 1 N–H and O–H groups in total. The van der Waals surface area contributed by atoms with E-state index in [1.165, 1.54) is 6.07 Å². The van der Waals surface area contributed by atoms with Crippen LogP contribution in [0.3, 0.4) is 0 Å². The lowest BCUT2D eigenvalue weighted by Crippen LogP contribution is -1.95. The van der Waals surface area contributed by atoms with Crippen molar-refractivity contribution in [1.82, 2.24) is 4.98 Å². The van der Waals surface area contributed by atoms with E-state index in [9.17, 15) is 4.79 Å². The fraction of sp³-hybridized carbons (Fsp3) is 0. The summed E-state index contributed by atoms with van der Waals surface area (Å²) in [7, 11) is 0. The minimum atomic E-state index is -1.02. The van der Waals surface area contributed by atoms with Gasteiger partial charge < -0.3 is 9.52 Å². The molecule has 94 valence electrons. The lowest BCUT2D eigenvalue weighted by molar-refractivity contribution is 0.0698. The highest BCUT2D eigenvalue weighted by atomic mass is 127. The van der Waals surface area contributed by atoms with Crippen LogP contribution in [0.4, 0.5) is 0 Å². The fourth-order valence-corrected chi connectivity index (χ4v) is 2.49. The van der Waals surface area contributed by atoms with E-state index >= 15 is 0 Å². The molecular formula is C14H8INO3. The Morgan fingerprint density at radius 1 is 1.16 bits per heavy atom. The molecule has 3 rings (SSSR count). The largest absolute Gasteiger partial charge is 0.478 e. The summed E-state index contributed by atoms with van der Waals surface area (Å²) in [4.78, 5) is 15.5. The Kier molecular flexibility index (Phi) is 2.98. The number of rotatable bonds is 2. The smallest absolute Gasteiger partial charge is 0.339 e. The van der Waals surface area contributed by atoms with Crippen molar-refractivity contribution in [3.8, 4) is 11.5 Å². The van der Waals surface area contributed by atoms with Gasteiger partial charge in [0.05, 0.1) is 5.56 Å². The van der Waals surface area contributed by atoms with E-state index < -0.39 is 5.97 Å². The molecule has 0 aliphatic carbocycles. The van der Waals surface area contributed by atoms with Crippen molar-refractivity contribution >= 4 is 39.7 Å². The SMILES string of the molecule is O=C(O)c1cccc2nc(-c3ccccc3I)oc12. The zero-order chi connectivity index (χ0) is 13.4. The summed E-state index contributed by atoms with van der Waals surface area (Å²) in [5.74, 6) is -0.579. The van der Waals surface area contributed by atoms with Gasteiger partial charge in [0.15, 0.2) is 5.58 Å². The van der Waals surface area contributed by atoms with Gasteiger partial charge in [0, 0.05) is 3.57 Å². The van der Waals surface area contributed by atoms with Gasteiger partial charge in [-0.3, -0.25) is 0 Å². The van der Waals surface area contributed by atoms with Crippen molar-refractivity contribution in [3.05, 3.63) is 51.6 Å². The van der Waals surface area contributed by atoms with Crippen LogP contribution in [0, 0.1) is 3.57 Å². The molecule has 1 heterocycles. The summed E-state index contributed by atoms with van der Waals surface area (Å²) in [5, 5.41) is 9.13. The Bertz CT molecular complexity index is 779. The molecule has 19 heavy (non-hydrogen) atoms. The number of hydrogen-bond donors (Lipinski definition) is 1. The third-order valence-electron chi connectivity index (χ3n) is 2.75. The minimum Gasteiger partial charge on any atom is -0.478 e.